The summed E-state index contributed by atoms with van der Waals surface area (Å²) in [6, 6.07) is -0.900. The lowest BCUT2D eigenvalue weighted by molar-refractivity contribution is -0.870. The third kappa shape index (κ3) is 50.4. The molecular weight excluding hydrogens is 892 g/mol. The van der Waals surface area contributed by atoms with E-state index in [4.69, 9.17) is 13.8 Å². The van der Waals surface area contributed by atoms with Gasteiger partial charge in [-0.3, -0.25) is 14.2 Å². The zero-order valence-corrected chi connectivity index (χ0v) is 47.1. The number of amides is 1. The van der Waals surface area contributed by atoms with Crippen molar-refractivity contribution in [1.29, 1.82) is 0 Å². The van der Waals surface area contributed by atoms with E-state index in [0.29, 0.717) is 17.4 Å². The van der Waals surface area contributed by atoms with Crippen molar-refractivity contribution in [3.8, 4) is 0 Å². The molecule has 1 N–H and O–H groups in total. The number of likely N-dealkylation sites (N-methyl/N-ethyl adjacent to an activating group) is 1. The number of allylic oxidation sites excluding steroid dienone is 11. The smallest absolute Gasteiger partial charge is 0.306 e. The quantitative estimate of drug-likeness (QED) is 0.0212. The highest BCUT2D eigenvalue weighted by Gasteiger charge is 2.27. The van der Waals surface area contributed by atoms with Crippen molar-refractivity contribution in [3.63, 3.8) is 0 Å². The molecule has 0 bridgehead atoms. The molecule has 0 fully saturated rings. The predicted octanol–water partition coefficient (Wildman–Crippen LogP) is 16.6. The molecule has 1 amide bonds. The van der Waals surface area contributed by atoms with Gasteiger partial charge in [-0.2, -0.15) is 0 Å². The van der Waals surface area contributed by atoms with Crippen LogP contribution in [-0.2, 0) is 27.9 Å². The van der Waals surface area contributed by atoms with Crippen molar-refractivity contribution in [1.82, 2.24) is 5.32 Å². The Labute approximate surface area is 432 Å². The predicted molar refractivity (Wildman–Crippen MR) is 298 cm³/mol. The Hall–Kier alpha value is -2.55. The first kappa shape index (κ1) is 67.5. The van der Waals surface area contributed by atoms with Crippen LogP contribution >= 0.6 is 7.82 Å². The topological polar surface area (TPSA) is 114 Å². The fourth-order valence-electron chi connectivity index (χ4n) is 7.92. The van der Waals surface area contributed by atoms with E-state index >= 15 is 0 Å². The first-order valence-electron chi connectivity index (χ1n) is 28.7. The molecule has 0 radical (unpaired) electrons. The van der Waals surface area contributed by atoms with Crippen LogP contribution in [0.4, 0.5) is 0 Å². The molecule has 0 aromatic rings. The highest BCUT2D eigenvalue weighted by atomic mass is 31.2. The molecule has 0 rings (SSSR count). The molecule has 0 aromatic carbocycles. The number of nitrogens with zero attached hydrogens (tertiary/aromatic N) is 1. The highest BCUT2D eigenvalue weighted by molar-refractivity contribution is 7.45. The maximum Gasteiger partial charge on any atom is 0.306 e. The third-order valence-corrected chi connectivity index (χ3v) is 13.3. The Morgan fingerprint density at radius 1 is 0.514 bits per heavy atom. The van der Waals surface area contributed by atoms with Crippen LogP contribution in [0.1, 0.15) is 245 Å². The maximum absolute atomic E-state index is 13.5. The number of phosphoric acid groups is 1. The summed E-state index contributed by atoms with van der Waals surface area (Å²) >= 11 is 0. The Bertz CT molecular complexity index is 1430. The van der Waals surface area contributed by atoms with E-state index in [-0.39, 0.29) is 24.9 Å². The third-order valence-electron chi connectivity index (χ3n) is 12.4. The van der Waals surface area contributed by atoms with Crippen LogP contribution in [0, 0.1) is 0 Å². The minimum atomic E-state index is -4.70. The van der Waals surface area contributed by atoms with Gasteiger partial charge in [0, 0.05) is 12.8 Å². The Morgan fingerprint density at radius 2 is 0.914 bits per heavy atom. The number of hydrogen-bond acceptors (Lipinski definition) is 7. The van der Waals surface area contributed by atoms with E-state index in [2.05, 4.69) is 86.8 Å². The average Bonchev–Trinajstić information content (AvgIpc) is 3.32. The SMILES string of the molecule is CC/C=C/C/C=C/CCCCCCCCCC(=O)OC(/C=C\CCCCCCCCCCC)C(COP(=O)([O-])OCC[N+](C)(C)C)NC(=O)CCCCCCCC/C=C\C/C=C\C/C=C\CCCCC. The van der Waals surface area contributed by atoms with Gasteiger partial charge in [-0.1, -0.05) is 210 Å². The van der Waals surface area contributed by atoms with Gasteiger partial charge in [-0.15, -0.1) is 0 Å². The number of phosphoric ester groups is 1. The van der Waals surface area contributed by atoms with Crippen LogP contribution in [0.15, 0.2) is 72.9 Å². The lowest BCUT2D eigenvalue weighted by atomic mass is 10.1. The van der Waals surface area contributed by atoms with E-state index < -0.39 is 26.6 Å². The summed E-state index contributed by atoms with van der Waals surface area (Å²) < 4.78 is 30.2. The summed E-state index contributed by atoms with van der Waals surface area (Å²) in [5, 5.41) is 3.01. The Balaban J connectivity index is 5.32. The molecule has 0 aromatic heterocycles. The zero-order chi connectivity index (χ0) is 51.5. The maximum atomic E-state index is 13.5. The average molecular weight is 1000 g/mol. The summed E-state index contributed by atoms with van der Waals surface area (Å²) in [6.07, 6.45) is 62.9. The minimum Gasteiger partial charge on any atom is -0.756 e. The van der Waals surface area contributed by atoms with E-state index in [9.17, 15) is 19.0 Å². The van der Waals surface area contributed by atoms with Crippen molar-refractivity contribution in [2.45, 2.75) is 258 Å². The molecule has 0 heterocycles. The minimum absolute atomic E-state index is 0.0290. The van der Waals surface area contributed by atoms with Gasteiger partial charge < -0.3 is 28.5 Å². The van der Waals surface area contributed by atoms with E-state index in [0.717, 1.165) is 122 Å². The number of rotatable bonds is 51. The number of hydrogen-bond donors (Lipinski definition) is 1. The summed E-state index contributed by atoms with van der Waals surface area (Å²) in [5.41, 5.74) is 0. The molecule has 0 aliphatic heterocycles. The summed E-state index contributed by atoms with van der Waals surface area (Å²) in [6.45, 7) is 6.68. The molecule has 9 nitrogen and oxygen atoms in total. The van der Waals surface area contributed by atoms with Crippen LogP contribution in [0.5, 0.6) is 0 Å². The van der Waals surface area contributed by atoms with Gasteiger partial charge in [0.25, 0.3) is 7.82 Å². The lowest BCUT2D eigenvalue weighted by Gasteiger charge is -2.30. The fourth-order valence-corrected chi connectivity index (χ4v) is 8.64. The Kier molecular flexibility index (Phi) is 48.2. The zero-order valence-electron chi connectivity index (χ0n) is 46.2. The van der Waals surface area contributed by atoms with Gasteiger partial charge in [-0.25, -0.2) is 0 Å². The van der Waals surface area contributed by atoms with Crippen molar-refractivity contribution < 1.29 is 37.3 Å². The second-order valence-corrected chi connectivity index (χ2v) is 21.8. The Morgan fingerprint density at radius 3 is 1.40 bits per heavy atom. The fraction of sp³-hybridized carbons (Fsp3) is 0.767. The van der Waals surface area contributed by atoms with Crippen LogP contribution in [0.25, 0.3) is 0 Å². The van der Waals surface area contributed by atoms with E-state index in [1.54, 1.807) is 0 Å². The molecule has 406 valence electrons. The molecule has 3 atom stereocenters. The number of carbonyl (C=O) groups is 2. The number of ether oxygens (including phenoxy) is 1. The molecule has 0 aliphatic rings. The lowest BCUT2D eigenvalue weighted by Crippen LogP contribution is -2.47. The van der Waals surface area contributed by atoms with Crippen LogP contribution < -0.4 is 10.2 Å². The van der Waals surface area contributed by atoms with Gasteiger partial charge in [-0.05, 0) is 96.0 Å². The monoisotopic (exact) mass is 1000 g/mol. The number of esters is 1. The van der Waals surface area contributed by atoms with Gasteiger partial charge >= 0.3 is 5.97 Å². The number of quaternary nitrogens is 1. The van der Waals surface area contributed by atoms with Crippen molar-refractivity contribution in [2.24, 2.45) is 0 Å². The molecule has 70 heavy (non-hydrogen) atoms. The standard InChI is InChI=1S/C60H109N2O7P/c1-7-10-13-16-19-22-25-27-29-30-31-32-33-34-37-40-43-46-49-52-59(63)61-57(56-68-70(65,66)67-55-54-62(4,5)6)58(51-48-45-42-39-36-24-21-18-15-12-9-3)69-60(64)53-50-47-44-41-38-35-28-26-23-20-17-14-11-8-2/h11,14,19-20,22-23,27,29,31-32,48,51,57-58H,7-10,12-13,15-18,21,24-26,28,30,33-47,49-50,52-56H2,1-6H3,(H-,61,63,65,66)/b14-11+,22-19-,23-20+,29-27-,32-31-,51-48-. The first-order valence-corrected chi connectivity index (χ1v) is 30.2. The largest absolute Gasteiger partial charge is 0.756 e. The van der Waals surface area contributed by atoms with Gasteiger partial charge in [0.2, 0.25) is 5.91 Å². The number of nitrogens with one attached hydrogen (secondary N) is 1. The summed E-state index contributed by atoms with van der Waals surface area (Å²) in [5.74, 6) is -0.568. The molecule has 0 aliphatic carbocycles. The van der Waals surface area contributed by atoms with Gasteiger partial charge in [0.1, 0.15) is 19.3 Å². The molecule has 3 unspecified atom stereocenters. The number of unbranched alkanes of at least 4 members (excludes halogenated alkanes) is 25. The first-order chi connectivity index (χ1) is 33.9. The highest BCUT2D eigenvalue weighted by Crippen LogP contribution is 2.38. The van der Waals surface area contributed by atoms with Crippen molar-refractivity contribution in [2.75, 3.05) is 40.9 Å². The molecule has 10 heteroatoms. The summed E-state index contributed by atoms with van der Waals surface area (Å²) in [4.78, 5) is 39.8. The molecule has 0 spiro atoms. The second kappa shape index (κ2) is 50.0. The summed E-state index contributed by atoms with van der Waals surface area (Å²) in [7, 11) is 1.16. The molecule has 0 saturated carbocycles. The molecular formula is C60H109N2O7P. The van der Waals surface area contributed by atoms with E-state index in [1.165, 1.54) is 89.9 Å². The van der Waals surface area contributed by atoms with Crippen molar-refractivity contribution in [3.05, 3.63) is 72.9 Å². The normalized spacial score (nSPS) is 14.3. The van der Waals surface area contributed by atoms with Gasteiger partial charge in [0.15, 0.2) is 0 Å². The van der Waals surface area contributed by atoms with Crippen molar-refractivity contribution >= 4 is 19.7 Å². The second-order valence-electron chi connectivity index (χ2n) is 20.4. The van der Waals surface area contributed by atoms with Crippen LogP contribution in [0.2, 0.25) is 0 Å². The van der Waals surface area contributed by atoms with E-state index in [1.807, 2.05) is 33.3 Å². The number of carbonyl (C=O) groups excluding carboxylic acids is 2. The van der Waals surface area contributed by atoms with Gasteiger partial charge in [0.05, 0.1) is 33.8 Å². The molecule has 0 saturated heterocycles. The van der Waals surface area contributed by atoms with Crippen LogP contribution in [-0.4, -0.2) is 69.4 Å². The van der Waals surface area contributed by atoms with Crippen LogP contribution in [0.3, 0.4) is 0 Å².